The number of para-hydroxylation sites is 1. The van der Waals surface area contributed by atoms with Gasteiger partial charge in [0.2, 0.25) is 0 Å². The van der Waals surface area contributed by atoms with Crippen LogP contribution in [0.4, 0.5) is 0 Å². The van der Waals surface area contributed by atoms with E-state index in [4.69, 9.17) is 15.5 Å². The summed E-state index contributed by atoms with van der Waals surface area (Å²) < 4.78 is 7.96. The molecular formula is C19H25N5O. The molecule has 0 saturated heterocycles. The summed E-state index contributed by atoms with van der Waals surface area (Å²) >= 11 is 0. The Labute approximate surface area is 148 Å². The molecule has 132 valence electrons. The molecule has 25 heavy (non-hydrogen) atoms. The largest absolute Gasteiger partial charge is 0.493 e. The van der Waals surface area contributed by atoms with Gasteiger partial charge in [-0.15, -0.1) is 0 Å². The lowest BCUT2D eigenvalue weighted by Crippen LogP contribution is -2.37. The summed E-state index contributed by atoms with van der Waals surface area (Å²) in [7, 11) is 0. The van der Waals surface area contributed by atoms with Crippen LogP contribution in [-0.2, 0) is 19.4 Å². The summed E-state index contributed by atoms with van der Waals surface area (Å²) in [5.74, 6) is 2.64. The second kappa shape index (κ2) is 7.17. The molecule has 0 saturated carbocycles. The zero-order chi connectivity index (χ0) is 17.1. The van der Waals surface area contributed by atoms with Gasteiger partial charge in [-0.05, 0) is 18.9 Å². The fourth-order valence-electron chi connectivity index (χ4n) is 3.60. The van der Waals surface area contributed by atoms with Gasteiger partial charge in [0.05, 0.1) is 18.3 Å². The number of nitrogens with two attached hydrogens (primary N) is 1. The Kier molecular flexibility index (Phi) is 4.59. The molecule has 0 spiro atoms. The van der Waals surface area contributed by atoms with Crippen molar-refractivity contribution in [1.82, 2.24) is 14.9 Å². The van der Waals surface area contributed by atoms with Crippen molar-refractivity contribution >= 4 is 5.96 Å². The molecule has 2 aliphatic rings. The van der Waals surface area contributed by atoms with Gasteiger partial charge in [-0.1, -0.05) is 18.2 Å². The predicted molar refractivity (Wildman–Crippen MR) is 97.8 cm³/mol. The summed E-state index contributed by atoms with van der Waals surface area (Å²) in [6.07, 6.45) is 7.48. The lowest BCUT2D eigenvalue weighted by molar-refractivity contribution is 0.262. The number of ether oxygens (including phenoxy) is 1. The van der Waals surface area contributed by atoms with E-state index < -0.39 is 0 Å². The van der Waals surface area contributed by atoms with Crippen molar-refractivity contribution in [2.24, 2.45) is 10.7 Å². The summed E-state index contributed by atoms with van der Waals surface area (Å²) in [6.45, 7) is 2.45. The third-order valence-electron chi connectivity index (χ3n) is 4.89. The molecule has 1 atom stereocenters. The molecule has 1 unspecified atom stereocenters. The molecule has 3 heterocycles. The van der Waals surface area contributed by atoms with Gasteiger partial charge in [0.15, 0.2) is 5.96 Å². The average Bonchev–Trinajstić information content (AvgIpc) is 3.05. The first-order valence-electron chi connectivity index (χ1n) is 9.13. The number of fused-ring (bicyclic) bond motifs is 2. The Bertz CT molecular complexity index is 743. The van der Waals surface area contributed by atoms with E-state index in [2.05, 4.69) is 27.1 Å². The standard InChI is InChI=1S/C19H25N5O/c20-19(23-16-9-12-25-17-6-2-1-5-15(16)17)21-10-8-14-13-24-11-4-3-7-18(24)22-14/h1-2,5-6,13,16H,3-4,7-12H2,(H3,20,21,23). The SMILES string of the molecule is NC(=NCCc1cn2c(n1)CCCC2)NC1CCOc2ccccc21. The quantitative estimate of drug-likeness (QED) is 0.661. The normalized spacial score (nSPS) is 19.7. The van der Waals surface area contributed by atoms with Gasteiger partial charge < -0.3 is 20.4 Å². The molecule has 2 aromatic rings. The highest BCUT2D eigenvalue weighted by Crippen LogP contribution is 2.31. The molecule has 0 aliphatic carbocycles. The highest BCUT2D eigenvalue weighted by Gasteiger charge is 2.21. The van der Waals surface area contributed by atoms with Crippen molar-refractivity contribution in [2.75, 3.05) is 13.2 Å². The third kappa shape index (κ3) is 3.62. The molecule has 0 bridgehead atoms. The van der Waals surface area contributed by atoms with E-state index in [1.54, 1.807) is 0 Å². The molecule has 0 radical (unpaired) electrons. The van der Waals surface area contributed by atoms with Crippen LogP contribution in [0, 0.1) is 0 Å². The number of hydrogen-bond acceptors (Lipinski definition) is 3. The van der Waals surface area contributed by atoms with Crippen LogP contribution >= 0.6 is 0 Å². The maximum atomic E-state index is 6.10. The number of aliphatic imine (C=N–C) groups is 1. The number of aryl methyl sites for hydroxylation is 2. The van der Waals surface area contributed by atoms with Crippen LogP contribution in [0.25, 0.3) is 0 Å². The van der Waals surface area contributed by atoms with Gasteiger partial charge in [0.25, 0.3) is 0 Å². The number of imidazole rings is 1. The van der Waals surface area contributed by atoms with E-state index in [-0.39, 0.29) is 6.04 Å². The van der Waals surface area contributed by atoms with Crippen molar-refractivity contribution in [3.05, 3.63) is 47.5 Å². The number of guanidine groups is 1. The van der Waals surface area contributed by atoms with Gasteiger partial charge in [-0.3, -0.25) is 4.99 Å². The first-order chi connectivity index (χ1) is 12.3. The molecule has 4 rings (SSSR count). The number of nitrogens with one attached hydrogen (secondary N) is 1. The van der Waals surface area contributed by atoms with E-state index in [9.17, 15) is 0 Å². The number of hydrogen-bond donors (Lipinski definition) is 2. The molecule has 6 heteroatoms. The molecule has 3 N–H and O–H groups in total. The van der Waals surface area contributed by atoms with E-state index in [1.165, 1.54) is 18.7 Å². The lowest BCUT2D eigenvalue weighted by atomic mass is 10.0. The van der Waals surface area contributed by atoms with E-state index >= 15 is 0 Å². The molecular weight excluding hydrogens is 314 g/mol. The topological polar surface area (TPSA) is 77.5 Å². The van der Waals surface area contributed by atoms with Crippen LogP contribution in [0.5, 0.6) is 5.75 Å². The van der Waals surface area contributed by atoms with Gasteiger partial charge in [-0.2, -0.15) is 0 Å². The zero-order valence-corrected chi connectivity index (χ0v) is 14.4. The summed E-state index contributed by atoms with van der Waals surface area (Å²) in [5.41, 5.74) is 8.36. The fraction of sp³-hybridized carbons (Fsp3) is 0.474. The number of nitrogens with zero attached hydrogens (tertiary/aromatic N) is 3. The minimum atomic E-state index is 0.161. The second-order valence-corrected chi connectivity index (χ2v) is 6.69. The van der Waals surface area contributed by atoms with Crippen LogP contribution in [0.3, 0.4) is 0 Å². The molecule has 1 aromatic carbocycles. The molecule has 0 amide bonds. The maximum Gasteiger partial charge on any atom is 0.189 e. The van der Waals surface area contributed by atoms with Crippen LogP contribution in [-0.4, -0.2) is 28.7 Å². The highest BCUT2D eigenvalue weighted by atomic mass is 16.5. The Balaban J connectivity index is 1.34. The third-order valence-corrected chi connectivity index (χ3v) is 4.89. The first-order valence-corrected chi connectivity index (χ1v) is 9.13. The Morgan fingerprint density at radius 3 is 3.20 bits per heavy atom. The summed E-state index contributed by atoms with van der Waals surface area (Å²) in [4.78, 5) is 9.19. The van der Waals surface area contributed by atoms with Crippen LogP contribution < -0.4 is 15.8 Å². The molecule has 0 fully saturated rings. The number of aromatic nitrogens is 2. The van der Waals surface area contributed by atoms with Gasteiger partial charge in [0, 0.05) is 44.1 Å². The highest BCUT2D eigenvalue weighted by molar-refractivity contribution is 5.78. The minimum absolute atomic E-state index is 0.161. The van der Waals surface area contributed by atoms with Gasteiger partial charge in [0.1, 0.15) is 11.6 Å². The van der Waals surface area contributed by atoms with E-state index in [0.717, 1.165) is 42.8 Å². The minimum Gasteiger partial charge on any atom is -0.493 e. The fourth-order valence-corrected chi connectivity index (χ4v) is 3.60. The van der Waals surface area contributed by atoms with Crippen molar-refractivity contribution < 1.29 is 4.74 Å². The maximum absolute atomic E-state index is 6.10. The van der Waals surface area contributed by atoms with Gasteiger partial charge >= 0.3 is 0 Å². The molecule has 2 aliphatic heterocycles. The number of rotatable bonds is 4. The Morgan fingerprint density at radius 1 is 1.36 bits per heavy atom. The van der Waals surface area contributed by atoms with Crippen LogP contribution in [0.2, 0.25) is 0 Å². The van der Waals surface area contributed by atoms with Crippen LogP contribution in [0.15, 0.2) is 35.5 Å². The molecule has 1 aromatic heterocycles. The van der Waals surface area contributed by atoms with Gasteiger partial charge in [-0.25, -0.2) is 4.98 Å². The van der Waals surface area contributed by atoms with Crippen LogP contribution in [0.1, 0.15) is 42.4 Å². The first kappa shape index (κ1) is 16.0. The van der Waals surface area contributed by atoms with E-state index in [1.807, 2.05) is 18.2 Å². The Hall–Kier alpha value is -2.50. The summed E-state index contributed by atoms with van der Waals surface area (Å²) in [6, 6.07) is 8.25. The Morgan fingerprint density at radius 2 is 2.28 bits per heavy atom. The smallest absolute Gasteiger partial charge is 0.189 e. The van der Waals surface area contributed by atoms with Crippen molar-refractivity contribution in [3.8, 4) is 5.75 Å². The average molecular weight is 339 g/mol. The second-order valence-electron chi connectivity index (χ2n) is 6.69. The molecule has 6 nitrogen and oxygen atoms in total. The van der Waals surface area contributed by atoms with Crippen molar-refractivity contribution in [2.45, 2.75) is 44.7 Å². The van der Waals surface area contributed by atoms with Crippen molar-refractivity contribution in [1.29, 1.82) is 0 Å². The number of benzene rings is 1. The van der Waals surface area contributed by atoms with Crippen molar-refractivity contribution in [3.63, 3.8) is 0 Å². The van der Waals surface area contributed by atoms with E-state index in [0.29, 0.717) is 19.1 Å². The summed E-state index contributed by atoms with van der Waals surface area (Å²) in [5, 5.41) is 3.33. The monoisotopic (exact) mass is 339 g/mol. The lowest BCUT2D eigenvalue weighted by Gasteiger charge is -2.26. The predicted octanol–water partition coefficient (Wildman–Crippen LogP) is 2.19. The zero-order valence-electron chi connectivity index (χ0n) is 14.4.